The van der Waals surface area contributed by atoms with E-state index in [1.54, 1.807) is 6.07 Å². The minimum Gasteiger partial charge on any atom is -0.384 e. The molecule has 1 heterocycles. The predicted molar refractivity (Wildman–Crippen MR) is 95.1 cm³/mol. The molecular weight excluding hydrogens is 399 g/mol. The van der Waals surface area contributed by atoms with Gasteiger partial charge in [0.25, 0.3) is 0 Å². The number of halogens is 2. The Balaban J connectivity index is 1.68. The van der Waals surface area contributed by atoms with Gasteiger partial charge < -0.3 is 10.6 Å². The van der Waals surface area contributed by atoms with Gasteiger partial charge in [-0.25, -0.2) is 0 Å². The Morgan fingerprint density at radius 2 is 2.14 bits per heavy atom. The Morgan fingerprint density at radius 1 is 1.33 bits per heavy atom. The van der Waals surface area contributed by atoms with E-state index in [9.17, 15) is 4.79 Å². The first-order valence-electron chi connectivity index (χ1n) is 6.71. The van der Waals surface area contributed by atoms with Crippen molar-refractivity contribution in [2.24, 2.45) is 0 Å². The molecule has 0 radical (unpaired) electrons. The van der Waals surface area contributed by atoms with Crippen LogP contribution in [-0.4, -0.2) is 12.5 Å². The maximum absolute atomic E-state index is 12.2. The van der Waals surface area contributed by atoms with Gasteiger partial charge in [0.1, 0.15) is 0 Å². The van der Waals surface area contributed by atoms with Crippen molar-refractivity contribution in [2.45, 2.75) is 12.3 Å². The van der Waals surface area contributed by atoms with Gasteiger partial charge in [0, 0.05) is 33.2 Å². The molecule has 0 saturated heterocycles. The number of hydrogen-bond donors (Lipinski definition) is 2. The Morgan fingerprint density at radius 3 is 2.95 bits per heavy atom. The number of amides is 1. The average Bonchev–Trinajstić information content (AvgIpc) is 2.85. The molecule has 3 rings (SSSR count). The van der Waals surface area contributed by atoms with E-state index in [1.165, 1.54) is 5.56 Å². The second-order valence-electron chi connectivity index (χ2n) is 5.04. The summed E-state index contributed by atoms with van der Waals surface area (Å²) < 4.78 is 0.943. The number of carbonyl (C=O) groups is 1. The fourth-order valence-corrected chi connectivity index (χ4v) is 3.56. The van der Waals surface area contributed by atoms with E-state index in [2.05, 4.69) is 45.4 Å². The molecule has 1 atom stereocenters. The Hall–Kier alpha value is -1.27. The fourth-order valence-electron chi connectivity index (χ4n) is 2.56. The van der Waals surface area contributed by atoms with Crippen LogP contribution in [0, 0.1) is 3.57 Å². The molecule has 108 valence electrons. The van der Waals surface area contributed by atoms with E-state index < -0.39 is 0 Å². The van der Waals surface area contributed by atoms with Crippen molar-refractivity contribution in [2.75, 3.05) is 17.2 Å². The smallest absolute Gasteiger partial charge is 0.225 e. The minimum atomic E-state index is 0.0266. The Labute approximate surface area is 142 Å². The van der Waals surface area contributed by atoms with Gasteiger partial charge in [-0.05, 0) is 52.4 Å². The second-order valence-corrected chi connectivity index (χ2v) is 6.64. The van der Waals surface area contributed by atoms with E-state index in [0.717, 1.165) is 21.5 Å². The minimum absolute atomic E-state index is 0.0266. The Bertz CT molecular complexity index is 690. The molecule has 0 bridgehead atoms. The highest BCUT2D eigenvalue weighted by molar-refractivity contribution is 14.1. The first-order valence-corrected chi connectivity index (χ1v) is 8.17. The van der Waals surface area contributed by atoms with Crippen molar-refractivity contribution >= 4 is 51.5 Å². The highest BCUT2D eigenvalue weighted by Gasteiger charge is 2.24. The van der Waals surface area contributed by atoms with Crippen LogP contribution in [-0.2, 0) is 4.79 Å². The zero-order valence-corrected chi connectivity index (χ0v) is 14.1. The molecule has 1 unspecified atom stereocenters. The van der Waals surface area contributed by atoms with E-state index >= 15 is 0 Å². The normalized spacial score (nSPS) is 16.2. The first-order chi connectivity index (χ1) is 10.1. The van der Waals surface area contributed by atoms with Gasteiger partial charge in [-0.15, -0.1) is 0 Å². The highest BCUT2D eigenvalue weighted by atomic mass is 127. The van der Waals surface area contributed by atoms with Gasteiger partial charge in [-0.3, -0.25) is 4.79 Å². The number of benzene rings is 2. The number of para-hydroxylation sites is 1. The van der Waals surface area contributed by atoms with Crippen LogP contribution in [0.3, 0.4) is 0 Å². The van der Waals surface area contributed by atoms with Crippen LogP contribution in [0.5, 0.6) is 0 Å². The molecular formula is C16H14ClIN2O. The summed E-state index contributed by atoms with van der Waals surface area (Å²) in [4.78, 5) is 12.2. The molecule has 1 aliphatic heterocycles. The third-order valence-electron chi connectivity index (χ3n) is 3.58. The molecule has 0 saturated carbocycles. The molecule has 1 aliphatic rings. The lowest BCUT2D eigenvalue weighted by molar-refractivity contribution is -0.116. The zero-order chi connectivity index (χ0) is 14.8. The third-order valence-corrected chi connectivity index (χ3v) is 4.70. The Kier molecular flexibility index (Phi) is 4.35. The summed E-state index contributed by atoms with van der Waals surface area (Å²) in [5, 5.41) is 6.97. The molecule has 0 aromatic heterocycles. The average molecular weight is 413 g/mol. The van der Waals surface area contributed by atoms with E-state index in [0.29, 0.717) is 11.4 Å². The molecule has 0 fully saturated rings. The van der Waals surface area contributed by atoms with Crippen molar-refractivity contribution in [1.29, 1.82) is 0 Å². The van der Waals surface area contributed by atoms with Gasteiger partial charge in [0.2, 0.25) is 5.91 Å². The number of carbonyl (C=O) groups excluding carboxylic acids is 1. The first kappa shape index (κ1) is 14.7. The second kappa shape index (κ2) is 6.23. The summed E-state index contributed by atoms with van der Waals surface area (Å²) in [6.07, 6.45) is 0.475. The van der Waals surface area contributed by atoms with Gasteiger partial charge in [0.15, 0.2) is 0 Å². The van der Waals surface area contributed by atoms with E-state index in [1.807, 2.05) is 24.3 Å². The van der Waals surface area contributed by atoms with Crippen LogP contribution >= 0.6 is 34.2 Å². The van der Waals surface area contributed by atoms with Gasteiger partial charge in [-0.1, -0.05) is 29.8 Å². The van der Waals surface area contributed by atoms with Crippen molar-refractivity contribution in [1.82, 2.24) is 0 Å². The van der Waals surface area contributed by atoms with Crippen LogP contribution in [0.4, 0.5) is 11.4 Å². The summed E-state index contributed by atoms with van der Waals surface area (Å²) >= 11 is 8.09. The van der Waals surface area contributed by atoms with Gasteiger partial charge in [0.05, 0.1) is 5.69 Å². The van der Waals surface area contributed by atoms with Crippen molar-refractivity contribution < 1.29 is 4.79 Å². The summed E-state index contributed by atoms with van der Waals surface area (Å²) in [6.45, 7) is 0.810. The molecule has 0 aliphatic carbocycles. The number of nitrogens with one attached hydrogen (secondary N) is 2. The largest absolute Gasteiger partial charge is 0.384 e. The molecule has 21 heavy (non-hydrogen) atoms. The maximum atomic E-state index is 12.2. The number of rotatable bonds is 3. The molecule has 2 N–H and O–H groups in total. The molecule has 0 spiro atoms. The van der Waals surface area contributed by atoms with Crippen LogP contribution in [0.2, 0.25) is 5.02 Å². The lowest BCUT2D eigenvalue weighted by Gasteiger charge is -2.12. The lowest BCUT2D eigenvalue weighted by atomic mass is 9.97. The molecule has 1 amide bonds. The van der Waals surface area contributed by atoms with Crippen LogP contribution in [0.15, 0.2) is 42.5 Å². The quantitative estimate of drug-likeness (QED) is 0.730. The predicted octanol–water partition coefficient (Wildman–Crippen LogP) is 4.48. The molecule has 2 aromatic rings. The number of hydrogen-bond acceptors (Lipinski definition) is 2. The summed E-state index contributed by atoms with van der Waals surface area (Å²) in [5.41, 5.74) is 3.17. The zero-order valence-electron chi connectivity index (χ0n) is 11.2. The summed E-state index contributed by atoms with van der Waals surface area (Å²) in [6, 6.07) is 13.6. The highest BCUT2D eigenvalue weighted by Crippen LogP contribution is 2.33. The van der Waals surface area contributed by atoms with Crippen molar-refractivity contribution in [3.63, 3.8) is 0 Å². The fraction of sp³-hybridized carbons (Fsp3) is 0.188. The van der Waals surface area contributed by atoms with Crippen LogP contribution in [0.25, 0.3) is 0 Å². The summed E-state index contributed by atoms with van der Waals surface area (Å²) in [5.74, 6) is 0.255. The molecule has 2 aromatic carbocycles. The van der Waals surface area contributed by atoms with Gasteiger partial charge in [-0.2, -0.15) is 0 Å². The van der Waals surface area contributed by atoms with E-state index in [-0.39, 0.29) is 11.8 Å². The standard InChI is InChI=1S/C16H14ClIN2O/c17-11-5-6-15(13(18)8-11)20-16(21)7-10-9-19-14-4-2-1-3-12(10)14/h1-6,8,10,19H,7,9H2,(H,20,21). The van der Waals surface area contributed by atoms with Crippen LogP contribution in [0.1, 0.15) is 17.9 Å². The lowest BCUT2D eigenvalue weighted by Crippen LogP contribution is -2.17. The SMILES string of the molecule is O=C(CC1CNc2ccccc21)Nc1ccc(Cl)cc1I. The monoisotopic (exact) mass is 412 g/mol. The number of anilines is 2. The van der Waals surface area contributed by atoms with Crippen molar-refractivity contribution in [3.05, 3.63) is 56.6 Å². The summed E-state index contributed by atoms with van der Waals surface area (Å²) in [7, 11) is 0. The number of fused-ring (bicyclic) bond motifs is 1. The van der Waals surface area contributed by atoms with Crippen molar-refractivity contribution in [3.8, 4) is 0 Å². The maximum Gasteiger partial charge on any atom is 0.225 e. The van der Waals surface area contributed by atoms with Gasteiger partial charge >= 0.3 is 0 Å². The van der Waals surface area contributed by atoms with Crippen LogP contribution < -0.4 is 10.6 Å². The third kappa shape index (κ3) is 3.32. The topological polar surface area (TPSA) is 41.1 Å². The van der Waals surface area contributed by atoms with E-state index in [4.69, 9.17) is 11.6 Å². The molecule has 3 nitrogen and oxygen atoms in total. The molecule has 5 heteroatoms.